The maximum atomic E-state index is 13.4. The lowest BCUT2D eigenvalue weighted by Gasteiger charge is -2.25. The first-order valence-electron chi connectivity index (χ1n) is 8.76. The Morgan fingerprint density at radius 2 is 1.83 bits per heavy atom. The van der Waals surface area contributed by atoms with Crippen LogP contribution in [0.15, 0.2) is 48.7 Å². The Kier molecular flexibility index (Phi) is 7.24. The van der Waals surface area contributed by atoms with Crippen molar-refractivity contribution in [1.29, 1.82) is 0 Å². The van der Waals surface area contributed by atoms with Gasteiger partial charge in [0.1, 0.15) is 18.8 Å². The summed E-state index contributed by atoms with van der Waals surface area (Å²) in [6, 6.07) is 11.1. The lowest BCUT2D eigenvalue weighted by atomic mass is 10.2. The number of hydrogen-bond donors (Lipinski definition) is 1. The minimum atomic E-state index is -0.948. The van der Waals surface area contributed by atoms with E-state index >= 15 is 0 Å². The highest BCUT2D eigenvalue weighted by atomic mass is 19.1. The summed E-state index contributed by atoms with van der Waals surface area (Å²) in [6.45, 7) is 4.33. The van der Waals surface area contributed by atoms with Gasteiger partial charge in [-0.05, 0) is 32.4 Å². The minimum Gasteiger partial charge on any atom is -0.459 e. The highest BCUT2D eigenvalue weighted by molar-refractivity contribution is 5.96. The molecule has 0 saturated heterocycles. The molecule has 0 fully saturated rings. The molecule has 0 spiro atoms. The largest absolute Gasteiger partial charge is 0.459 e. The van der Waals surface area contributed by atoms with Crippen LogP contribution in [0.3, 0.4) is 0 Å². The van der Waals surface area contributed by atoms with Crippen LogP contribution in [0.2, 0.25) is 0 Å². The van der Waals surface area contributed by atoms with Gasteiger partial charge in [0.15, 0.2) is 0 Å². The number of esters is 1. The van der Waals surface area contributed by atoms with Crippen LogP contribution in [0.25, 0.3) is 0 Å². The average Bonchev–Trinajstić information content (AvgIpc) is 2.64. The van der Waals surface area contributed by atoms with Gasteiger partial charge in [-0.2, -0.15) is 4.39 Å². The lowest BCUT2D eigenvalue weighted by molar-refractivity contribution is -0.146. The summed E-state index contributed by atoms with van der Waals surface area (Å²) in [6.07, 6.45) is 0.151. The van der Waals surface area contributed by atoms with Gasteiger partial charge >= 0.3 is 12.1 Å². The molecule has 2 amide bonds. The molecule has 0 atom stereocenters. The summed E-state index contributed by atoms with van der Waals surface area (Å²) in [7, 11) is 0. The molecule has 2 aromatic rings. The van der Waals surface area contributed by atoms with Crippen molar-refractivity contribution in [2.45, 2.75) is 33.0 Å². The van der Waals surface area contributed by atoms with Crippen molar-refractivity contribution in [3.05, 3.63) is 65.7 Å². The molecule has 0 saturated carbocycles. The van der Waals surface area contributed by atoms with Crippen LogP contribution >= 0.6 is 0 Å². The molecule has 1 aromatic carbocycles. The Morgan fingerprint density at radius 3 is 2.45 bits per heavy atom. The van der Waals surface area contributed by atoms with E-state index in [4.69, 9.17) is 9.47 Å². The number of rotatable bonds is 5. The SMILES string of the molecule is CC(C)(C)OC(=O)NN(CC(=O)OCc1ccccc1)C(=O)c1ccnc(F)c1. The molecule has 8 nitrogen and oxygen atoms in total. The lowest BCUT2D eigenvalue weighted by Crippen LogP contribution is -2.50. The Bertz CT molecular complexity index is 868. The van der Waals surface area contributed by atoms with E-state index < -0.39 is 36.1 Å². The maximum Gasteiger partial charge on any atom is 0.426 e. The highest BCUT2D eigenvalue weighted by Crippen LogP contribution is 2.09. The fraction of sp³-hybridized carbons (Fsp3) is 0.300. The van der Waals surface area contributed by atoms with Crippen molar-refractivity contribution in [2.24, 2.45) is 0 Å². The zero-order valence-corrected chi connectivity index (χ0v) is 16.3. The van der Waals surface area contributed by atoms with E-state index in [-0.39, 0.29) is 12.2 Å². The summed E-state index contributed by atoms with van der Waals surface area (Å²) >= 11 is 0. The predicted molar refractivity (Wildman–Crippen MR) is 101 cm³/mol. The van der Waals surface area contributed by atoms with E-state index in [1.165, 1.54) is 6.07 Å². The Hall–Kier alpha value is -3.49. The molecular weight excluding hydrogens is 381 g/mol. The molecule has 2 rings (SSSR count). The van der Waals surface area contributed by atoms with Gasteiger partial charge in [-0.3, -0.25) is 9.59 Å². The van der Waals surface area contributed by atoms with Crippen LogP contribution < -0.4 is 5.43 Å². The monoisotopic (exact) mass is 403 g/mol. The van der Waals surface area contributed by atoms with Crippen LogP contribution in [-0.2, 0) is 20.9 Å². The van der Waals surface area contributed by atoms with Gasteiger partial charge < -0.3 is 9.47 Å². The summed E-state index contributed by atoms with van der Waals surface area (Å²) in [5.74, 6) is -2.47. The molecule has 1 heterocycles. The fourth-order valence-corrected chi connectivity index (χ4v) is 2.18. The molecule has 0 radical (unpaired) electrons. The molecule has 0 aliphatic heterocycles. The third-order valence-electron chi connectivity index (χ3n) is 3.37. The number of hydrogen-bond acceptors (Lipinski definition) is 6. The maximum absolute atomic E-state index is 13.4. The summed E-state index contributed by atoms with van der Waals surface area (Å²) in [4.78, 5) is 40.3. The first-order valence-corrected chi connectivity index (χ1v) is 8.76. The Balaban J connectivity index is 2.09. The summed E-state index contributed by atoms with van der Waals surface area (Å²) in [5.41, 5.74) is 2.03. The molecule has 0 bridgehead atoms. The highest BCUT2D eigenvalue weighted by Gasteiger charge is 2.25. The van der Waals surface area contributed by atoms with Crippen LogP contribution in [-0.4, -0.2) is 40.1 Å². The van der Waals surface area contributed by atoms with E-state index in [1.807, 2.05) is 6.07 Å². The molecule has 0 aliphatic rings. The fourth-order valence-electron chi connectivity index (χ4n) is 2.18. The third-order valence-corrected chi connectivity index (χ3v) is 3.37. The number of halogens is 1. The van der Waals surface area contributed by atoms with E-state index in [1.54, 1.807) is 45.0 Å². The van der Waals surface area contributed by atoms with Crippen LogP contribution in [0, 0.1) is 5.95 Å². The zero-order valence-electron chi connectivity index (χ0n) is 16.3. The number of amides is 2. The second-order valence-electron chi connectivity index (χ2n) is 7.02. The van der Waals surface area contributed by atoms with Gasteiger partial charge in [0.25, 0.3) is 5.91 Å². The molecule has 0 aliphatic carbocycles. The molecule has 0 unspecified atom stereocenters. The molecule has 1 N–H and O–H groups in total. The van der Waals surface area contributed by atoms with Gasteiger partial charge in [-0.25, -0.2) is 20.2 Å². The van der Waals surface area contributed by atoms with Crippen molar-refractivity contribution in [1.82, 2.24) is 15.4 Å². The predicted octanol–water partition coefficient (Wildman–Crippen LogP) is 2.85. The van der Waals surface area contributed by atoms with Crippen molar-refractivity contribution < 1.29 is 28.2 Å². The molecule has 1 aromatic heterocycles. The number of nitrogens with one attached hydrogen (secondary N) is 1. The van der Waals surface area contributed by atoms with Crippen LogP contribution in [0.5, 0.6) is 0 Å². The van der Waals surface area contributed by atoms with Crippen molar-refractivity contribution >= 4 is 18.0 Å². The smallest absolute Gasteiger partial charge is 0.426 e. The molecule has 29 heavy (non-hydrogen) atoms. The Labute approximate surface area is 167 Å². The number of pyridine rings is 1. The van der Waals surface area contributed by atoms with Gasteiger partial charge in [0, 0.05) is 17.8 Å². The first-order chi connectivity index (χ1) is 13.6. The topological polar surface area (TPSA) is 97.8 Å². The molecular formula is C20H22FN3O5. The minimum absolute atomic E-state index is 0.00196. The number of nitrogens with zero attached hydrogens (tertiary/aromatic N) is 2. The second-order valence-corrected chi connectivity index (χ2v) is 7.02. The van der Waals surface area contributed by atoms with Crippen molar-refractivity contribution in [2.75, 3.05) is 6.54 Å². The number of aromatic nitrogens is 1. The van der Waals surface area contributed by atoms with E-state index in [9.17, 15) is 18.8 Å². The quantitative estimate of drug-likeness (QED) is 0.468. The second kappa shape index (κ2) is 9.63. The standard InChI is InChI=1S/C20H22FN3O5/c1-20(2,3)29-19(27)23-24(18(26)15-9-10-22-16(21)11-15)12-17(25)28-13-14-7-5-4-6-8-14/h4-11H,12-13H2,1-3H3,(H,23,27). The third kappa shape index (κ3) is 7.57. The Morgan fingerprint density at radius 1 is 1.14 bits per heavy atom. The van der Waals surface area contributed by atoms with Crippen LogP contribution in [0.1, 0.15) is 36.7 Å². The molecule has 9 heteroatoms. The van der Waals surface area contributed by atoms with E-state index in [0.29, 0.717) is 5.01 Å². The van der Waals surface area contributed by atoms with Crippen LogP contribution in [0.4, 0.5) is 9.18 Å². The summed E-state index contributed by atoms with van der Waals surface area (Å²) in [5, 5.41) is 0.705. The average molecular weight is 403 g/mol. The zero-order chi connectivity index (χ0) is 21.4. The van der Waals surface area contributed by atoms with Crippen molar-refractivity contribution in [3.63, 3.8) is 0 Å². The van der Waals surface area contributed by atoms with Gasteiger partial charge in [0.05, 0.1) is 0 Å². The molecule has 154 valence electrons. The van der Waals surface area contributed by atoms with E-state index in [2.05, 4.69) is 10.4 Å². The number of benzene rings is 1. The van der Waals surface area contributed by atoms with Gasteiger partial charge in [-0.1, -0.05) is 30.3 Å². The first kappa shape index (κ1) is 21.8. The van der Waals surface area contributed by atoms with E-state index in [0.717, 1.165) is 17.8 Å². The normalized spacial score (nSPS) is 10.8. The number of hydrazine groups is 1. The number of ether oxygens (including phenoxy) is 2. The number of carbonyl (C=O) groups is 3. The van der Waals surface area contributed by atoms with Gasteiger partial charge in [0.2, 0.25) is 5.95 Å². The van der Waals surface area contributed by atoms with Crippen molar-refractivity contribution in [3.8, 4) is 0 Å². The summed E-state index contributed by atoms with van der Waals surface area (Å²) < 4.78 is 23.6. The number of carbonyl (C=O) groups excluding carboxylic acids is 3. The van der Waals surface area contributed by atoms with Gasteiger partial charge in [-0.15, -0.1) is 0 Å².